The van der Waals surface area contributed by atoms with Crippen molar-refractivity contribution in [2.75, 3.05) is 11.9 Å². The van der Waals surface area contributed by atoms with E-state index in [2.05, 4.69) is 45.8 Å². The lowest BCUT2D eigenvalue weighted by molar-refractivity contribution is 0.265. The van der Waals surface area contributed by atoms with Crippen molar-refractivity contribution in [1.82, 2.24) is 9.97 Å². The summed E-state index contributed by atoms with van der Waals surface area (Å²) in [6.07, 6.45) is 1.50. The number of rotatable bonds is 7. The van der Waals surface area contributed by atoms with Crippen LogP contribution in [0, 0.1) is 0 Å². The van der Waals surface area contributed by atoms with Crippen molar-refractivity contribution in [2.24, 2.45) is 5.73 Å². The van der Waals surface area contributed by atoms with Gasteiger partial charge in [-0.15, -0.1) is 11.3 Å². The molecule has 3 heterocycles. The van der Waals surface area contributed by atoms with Crippen LogP contribution in [-0.4, -0.2) is 27.7 Å². The number of nitrogens with zero attached hydrogens (tertiary/aromatic N) is 1. The molecule has 0 saturated heterocycles. The van der Waals surface area contributed by atoms with Crippen LogP contribution in [0.15, 0.2) is 29.6 Å². The van der Waals surface area contributed by atoms with Gasteiger partial charge in [-0.2, -0.15) is 0 Å². The number of thiophene rings is 1. The molecule has 23 heavy (non-hydrogen) atoms. The molecule has 0 fully saturated rings. The number of nitrogens with one attached hydrogen (secondary N) is 2. The third kappa shape index (κ3) is 3.72. The molecule has 6 heteroatoms. The third-order valence-corrected chi connectivity index (χ3v) is 4.69. The van der Waals surface area contributed by atoms with Gasteiger partial charge in [-0.1, -0.05) is 13.0 Å². The number of hydrogen-bond acceptors (Lipinski definition) is 5. The molecular formula is C17H22N4OS. The lowest BCUT2D eigenvalue weighted by Crippen LogP contribution is -2.26. The number of anilines is 1. The highest BCUT2D eigenvalue weighted by Gasteiger charge is 2.11. The lowest BCUT2D eigenvalue weighted by Gasteiger charge is -2.08. The number of aryl methyl sites for hydroxylation is 1. The number of pyridine rings is 1. The van der Waals surface area contributed by atoms with Crippen molar-refractivity contribution < 1.29 is 5.11 Å². The van der Waals surface area contributed by atoms with E-state index in [1.807, 2.05) is 6.07 Å². The van der Waals surface area contributed by atoms with Crippen LogP contribution in [-0.2, 0) is 19.4 Å². The van der Waals surface area contributed by atoms with E-state index in [0.717, 1.165) is 41.1 Å². The maximum atomic E-state index is 9.13. The summed E-state index contributed by atoms with van der Waals surface area (Å²) in [6.45, 7) is 2.88. The molecular weight excluding hydrogens is 308 g/mol. The van der Waals surface area contributed by atoms with E-state index >= 15 is 0 Å². The van der Waals surface area contributed by atoms with E-state index in [0.29, 0.717) is 6.42 Å². The van der Waals surface area contributed by atoms with E-state index in [9.17, 15) is 0 Å². The van der Waals surface area contributed by atoms with Crippen LogP contribution >= 0.6 is 11.3 Å². The summed E-state index contributed by atoms with van der Waals surface area (Å²) >= 11 is 1.74. The van der Waals surface area contributed by atoms with Crippen LogP contribution in [0.2, 0.25) is 0 Å². The van der Waals surface area contributed by atoms with Gasteiger partial charge in [-0.05, 0) is 30.0 Å². The van der Waals surface area contributed by atoms with Crippen LogP contribution in [0.3, 0.4) is 0 Å². The number of nitrogens with two attached hydrogens (primary N) is 1. The van der Waals surface area contributed by atoms with Crippen LogP contribution < -0.4 is 11.1 Å². The Balaban J connectivity index is 1.90. The van der Waals surface area contributed by atoms with Crippen molar-refractivity contribution in [3.05, 3.63) is 45.9 Å². The van der Waals surface area contributed by atoms with Gasteiger partial charge in [0.1, 0.15) is 0 Å². The van der Waals surface area contributed by atoms with Gasteiger partial charge in [0.2, 0.25) is 0 Å². The molecule has 0 amide bonds. The molecule has 3 rings (SSSR count). The second kappa shape index (κ2) is 7.12. The summed E-state index contributed by atoms with van der Waals surface area (Å²) in [5, 5.41) is 14.7. The highest BCUT2D eigenvalue weighted by atomic mass is 32.1. The third-order valence-electron chi connectivity index (χ3n) is 3.81. The molecule has 0 aliphatic heterocycles. The molecule has 1 atom stereocenters. The molecule has 5 nitrogen and oxygen atoms in total. The highest BCUT2D eigenvalue weighted by molar-refractivity contribution is 7.09. The van der Waals surface area contributed by atoms with Gasteiger partial charge < -0.3 is 21.1 Å². The largest absolute Gasteiger partial charge is 0.395 e. The second-order valence-corrected chi connectivity index (χ2v) is 6.68. The summed E-state index contributed by atoms with van der Waals surface area (Å²) in [5.41, 5.74) is 10.9. The standard InChI is InChI=1S/C17H22N4OS/c1-2-12-7-15(19-9-14-4-3-5-23-14)17-16(20-12)8-13(21-17)6-11(18)10-22/h3-5,7-8,11,21-22H,2,6,9-10,18H2,1H3,(H,19,20)/t11-/m1/s1. The molecule has 0 aliphatic carbocycles. The van der Waals surface area contributed by atoms with Gasteiger partial charge in [-0.3, -0.25) is 4.98 Å². The minimum absolute atomic E-state index is 0.0213. The number of aliphatic hydroxyl groups excluding tert-OH is 1. The Kier molecular flexibility index (Phi) is 4.95. The Morgan fingerprint density at radius 3 is 3.00 bits per heavy atom. The quantitative estimate of drug-likeness (QED) is 0.536. The van der Waals surface area contributed by atoms with Gasteiger partial charge >= 0.3 is 0 Å². The summed E-state index contributed by atoms with van der Waals surface area (Å²) in [6, 6.07) is 8.06. The van der Waals surface area contributed by atoms with E-state index < -0.39 is 0 Å². The van der Waals surface area contributed by atoms with Crippen molar-refractivity contribution in [1.29, 1.82) is 0 Å². The zero-order chi connectivity index (χ0) is 16.2. The van der Waals surface area contributed by atoms with Crippen molar-refractivity contribution >= 4 is 28.1 Å². The lowest BCUT2D eigenvalue weighted by atomic mass is 10.2. The fraction of sp³-hybridized carbons (Fsp3) is 0.353. The Bertz CT molecular complexity index is 766. The molecule has 122 valence electrons. The van der Waals surface area contributed by atoms with Gasteiger partial charge in [-0.25, -0.2) is 0 Å². The van der Waals surface area contributed by atoms with Gasteiger partial charge in [0.05, 0.1) is 23.3 Å². The predicted octanol–water partition coefficient (Wildman–Crippen LogP) is 2.66. The van der Waals surface area contributed by atoms with Crippen molar-refractivity contribution in [2.45, 2.75) is 32.4 Å². The number of aromatic amines is 1. The molecule has 0 radical (unpaired) electrons. The van der Waals surface area contributed by atoms with E-state index in [4.69, 9.17) is 10.8 Å². The topological polar surface area (TPSA) is 87.0 Å². The first-order valence-electron chi connectivity index (χ1n) is 7.83. The normalized spacial score (nSPS) is 12.7. The minimum Gasteiger partial charge on any atom is -0.395 e. The van der Waals surface area contributed by atoms with Gasteiger partial charge in [0, 0.05) is 35.3 Å². The number of aromatic nitrogens is 2. The molecule has 0 aromatic carbocycles. The second-order valence-electron chi connectivity index (χ2n) is 5.65. The average molecular weight is 330 g/mol. The van der Waals surface area contributed by atoms with E-state index in [-0.39, 0.29) is 12.6 Å². The summed E-state index contributed by atoms with van der Waals surface area (Å²) in [4.78, 5) is 9.37. The molecule has 3 aromatic rings. The van der Waals surface area contributed by atoms with Crippen LogP contribution in [0.1, 0.15) is 23.2 Å². The Labute approximate surface area is 139 Å². The first kappa shape index (κ1) is 16.0. The molecule has 0 saturated carbocycles. The first-order valence-corrected chi connectivity index (χ1v) is 8.71. The number of fused-ring (bicyclic) bond motifs is 1. The van der Waals surface area contributed by atoms with Crippen LogP contribution in [0.25, 0.3) is 11.0 Å². The Morgan fingerprint density at radius 2 is 2.30 bits per heavy atom. The predicted molar refractivity (Wildman–Crippen MR) is 95.9 cm³/mol. The SMILES string of the molecule is CCc1cc(NCc2cccs2)c2[nH]c(C[C@@H](N)CO)cc2n1. The monoisotopic (exact) mass is 330 g/mol. The number of aliphatic hydroxyl groups is 1. The Hall–Kier alpha value is -1.89. The molecule has 3 aromatic heterocycles. The smallest absolute Gasteiger partial charge is 0.0906 e. The number of H-pyrrole nitrogens is 1. The van der Waals surface area contributed by atoms with E-state index in [1.54, 1.807) is 11.3 Å². The first-order chi connectivity index (χ1) is 11.2. The fourth-order valence-electron chi connectivity index (χ4n) is 2.59. The van der Waals surface area contributed by atoms with Crippen molar-refractivity contribution in [3.8, 4) is 0 Å². The summed E-state index contributed by atoms with van der Waals surface area (Å²) in [7, 11) is 0. The zero-order valence-electron chi connectivity index (χ0n) is 13.2. The average Bonchev–Trinajstić information content (AvgIpc) is 3.21. The Morgan fingerprint density at radius 1 is 1.43 bits per heavy atom. The minimum atomic E-state index is -0.253. The van der Waals surface area contributed by atoms with Gasteiger partial charge in [0.15, 0.2) is 0 Å². The van der Waals surface area contributed by atoms with Crippen LogP contribution in [0.4, 0.5) is 5.69 Å². The molecule has 5 N–H and O–H groups in total. The van der Waals surface area contributed by atoms with Crippen LogP contribution in [0.5, 0.6) is 0 Å². The van der Waals surface area contributed by atoms with Gasteiger partial charge in [0.25, 0.3) is 0 Å². The number of hydrogen-bond donors (Lipinski definition) is 4. The highest BCUT2D eigenvalue weighted by Crippen LogP contribution is 2.25. The fourth-order valence-corrected chi connectivity index (χ4v) is 3.23. The van der Waals surface area contributed by atoms with E-state index in [1.165, 1.54) is 4.88 Å². The van der Waals surface area contributed by atoms with Crippen molar-refractivity contribution in [3.63, 3.8) is 0 Å². The maximum absolute atomic E-state index is 9.13. The summed E-state index contributed by atoms with van der Waals surface area (Å²) in [5.74, 6) is 0. The molecule has 0 unspecified atom stereocenters. The molecule has 0 spiro atoms. The zero-order valence-corrected chi connectivity index (χ0v) is 14.0. The molecule has 0 bridgehead atoms. The molecule has 0 aliphatic rings. The maximum Gasteiger partial charge on any atom is 0.0906 e. The summed E-state index contributed by atoms with van der Waals surface area (Å²) < 4.78 is 0.